The fraction of sp³-hybridized carbons (Fsp3) is 0.320. The van der Waals surface area contributed by atoms with E-state index >= 15 is 0 Å². The molecule has 0 aliphatic carbocycles. The number of rotatable bonds is 6. The molecule has 0 radical (unpaired) electrons. The van der Waals surface area contributed by atoms with Crippen molar-refractivity contribution in [3.63, 3.8) is 0 Å². The molecule has 2 heterocycles. The fourth-order valence-corrected chi connectivity index (χ4v) is 4.21. The lowest BCUT2D eigenvalue weighted by molar-refractivity contribution is -0.140. The average molecular weight is 450 g/mol. The van der Waals surface area contributed by atoms with Gasteiger partial charge in [-0.05, 0) is 49.6 Å². The molecule has 2 aromatic rings. The zero-order valence-corrected chi connectivity index (χ0v) is 18.7. The molecule has 8 nitrogen and oxygen atoms in total. The molecule has 0 bridgehead atoms. The Morgan fingerprint density at radius 2 is 1.67 bits per heavy atom. The number of hydrogen-bond donors (Lipinski definition) is 1. The van der Waals surface area contributed by atoms with Crippen LogP contribution in [0.4, 0.5) is 10.5 Å². The number of hydrogen-bond acceptors (Lipinski definition) is 6. The maximum absolute atomic E-state index is 13.5. The van der Waals surface area contributed by atoms with Gasteiger partial charge in [-0.1, -0.05) is 30.3 Å². The van der Waals surface area contributed by atoms with Crippen molar-refractivity contribution in [2.75, 3.05) is 32.1 Å². The molecule has 172 valence electrons. The molecule has 2 aliphatic rings. The number of methoxy groups -OCH3 is 1. The van der Waals surface area contributed by atoms with Crippen LogP contribution in [0.5, 0.6) is 5.75 Å². The molecule has 4 rings (SSSR count). The molecule has 2 aromatic carbocycles. The van der Waals surface area contributed by atoms with Crippen molar-refractivity contribution >= 4 is 29.2 Å². The first-order valence-corrected chi connectivity index (χ1v) is 11.0. The Labute approximate surface area is 192 Å². The minimum atomic E-state index is -0.361. The highest BCUT2D eigenvalue weighted by molar-refractivity contribution is 6.36. The van der Waals surface area contributed by atoms with Crippen molar-refractivity contribution in [1.29, 1.82) is 0 Å². The molecular formula is C25H27N3O5. The molecule has 0 aromatic heterocycles. The Hall–Kier alpha value is -3.81. The molecule has 0 unspecified atom stereocenters. The Morgan fingerprint density at radius 1 is 1.00 bits per heavy atom. The first-order chi connectivity index (χ1) is 16.0. The standard InChI is InChI=1S/C25H27N3O5/c1-3-33-25(31)27-15-13-19(14-16-27)28-23(29)21(17-7-5-4-6-8-17)22(24(28)30)26-18-9-11-20(32-2)12-10-18/h4-12,19,26H,3,13-16H2,1-2H3. The van der Waals surface area contributed by atoms with Gasteiger partial charge in [0.2, 0.25) is 0 Å². The lowest BCUT2D eigenvalue weighted by Gasteiger charge is -2.35. The summed E-state index contributed by atoms with van der Waals surface area (Å²) >= 11 is 0. The molecular weight excluding hydrogens is 422 g/mol. The predicted octanol–water partition coefficient (Wildman–Crippen LogP) is 3.51. The minimum Gasteiger partial charge on any atom is -0.497 e. The van der Waals surface area contributed by atoms with Crippen LogP contribution in [-0.2, 0) is 14.3 Å². The summed E-state index contributed by atoms with van der Waals surface area (Å²) in [5, 5.41) is 3.16. The fourth-order valence-electron chi connectivity index (χ4n) is 4.21. The van der Waals surface area contributed by atoms with Crippen LogP contribution in [-0.4, -0.2) is 60.6 Å². The van der Waals surface area contributed by atoms with Gasteiger partial charge in [-0.2, -0.15) is 0 Å². The number of amides is 3. The molecule has 1 fully saturated rings. The lowest BCUT2D eigenvalue weighted by Crippen LogP contribution is -2.49. The van der Waals surface area contributed by atoms with E-state index < -0.39 is 0 Å². The second kappa shape index (κ2) is 9.77. The van der Waals surface area contributed by atoms with Gasteiger partial charge in [-0.3, -0.25) is 14.5 Å². The number of benzene rings is 2. The third-order valence-electron chi connectivity index (χ3n) is 5.89. The smallest absolute Gasteiger partial charge is 0.409 e. The van der Waals surface area contributed by atoms with Gasteiger partial charge < -0.3 is 19.7 Å². The molecule has 0 saturated carbocycles. The second-order valence-electron chi connectivity index (χ2n) is 7.87. The van der Waals surface area contributed by atoms with Crippen LogP contribution in [0.1, 0.15) is 25.3 Å². The molecule has 8 heteroatoms. The summed E-state index contributed by atoms with van der Waals surface area (Å²) in [5.41, 5.74) is 1.96. The number of ether oxygens (including phenoxy) is 2. The molecule has 0 atom stereocenters. The molecule has 2 aliphatic heterocycles. The topological polar surface area (TPSA) is 88.2 Å². The summed E-state index contributed by atoms with van der Waals surface area (Å²) < 4.78 is 10.3. The van der Waals surface area contributed by atoms with Crippen LogP contribution >= 0.6 is 0 Å². The van der Waals surface area contributed by atoms with Crippen LogP contribution in [0, 0.1) is 0 Å². The summed E-state index contributed by atoms with van der Waals surface area (Å²) in [5.74, 6) is 0.0164. The summed E-state index contributed by atoms with van der Waals surface area (Å²) in [6.07, 6.45) is 0.655. The Kier molecular flexibility index (Phi) is 6.63. The number of carbonyl (C=O) groups excluding carboxylic acids is 3. The number of anilines is 1. The first kappa shape index (κ1) is 22.4. The Bertz CT molecular complexity index is 1060. The predicted molar refractivity (Wildman–Crippen MR) is 123 cm³/mol. The van der Waals surface area contributed by atoms with E-state index in [1.807, 2.05) is 30.3 Å². The SMILES string of the molecule is CCOC(=O)N1CCC(N2C(=O)C(Nc3ccc(OC)cc3)=C(c3ccccc3)C2=O)CC1. The van der Waals surface area contributed by atoms with Crippen molar-refractivity contribution in [2.45, 2.75) is 25.8 Å². The highest BCUT2D eigenvalue weighted by Gasteiger charge is 2.44. The summed E-state index contributed by atoms with van der Waals surface area (Å²) in [7, 11) is 1.59. The molecule has 0 spiro atoms. The number of likely N-dealkylation sites (tertiary alicyclic amines) is 1. The van der Waals surface area contributed by atoms with E-state index in [1.54, 1.807) is 43.2 Å². The van der Waals surface area contributed by atoms with Crippen molar-refractivity contribution in [2.24, 2.45) is 0 Å². The highest BCUT2D eigenvalue weighted by Crippen LogP contribution is 2.34. The van der Waals surface area contributed by atoms with Gasteiger partial charge in [0, 0.05) is 24.8 Å². The molecule has 1 saturated heterocycles. The quantitative estimate of drug-likeness (QED) is 0.679. The van der Waals surface area contributed by atoms with E-state index in [0.29, 0.717) is 55.1 Å². The van der Waals surface area contributed by atoms with E-state index in [2.05, 4.69) is 5.32 Å². The van der Waals surface area contributed by atoms with Crippen molar-refractivity contribution in [1.82, 2.24) is 9.80 Å². The number of imide groups is 1. The van der Waals surface area contributed by atoms with Crippen LogP contribution < -0.4 is 10.1 Å². The molecule has 3 amide bonds. The van der Waals surface area contributed by atoms with Gasteiger partial charge in [-0.15, -0.1) is 0 Å². The van der Waals surface area contributed by atoms with Crippen LogP contribution in [0.25, 0.3) is 5.57 Å². The van der Waals surface area contributed by atoms with Gasteiger partial charge in [0.1, 0.15) is 11.4 Å². The van der Waals surface area contributed by atoms with Gasteiger partial charge in [0.15, 0.2) is 0 Å². The zero-order valence-electron chi connectivity index (χ0n) is 18.7. The highest BCUT2D eigenvalue weighted by atomic mass is 16.6. The molecule has 33 heavy (non-hydrogen) atoms. The Balaban J connectivity index is 1.59. The van der Waals surface area contributed by atoms with Crippen LogP contribution in [0.3, 0.4) is 0 Å². The van der Waals surface area contributed by atoms with Crippen LogP contribution in [0.15, 0.2) is 60.3 Å². The maximum Gasteiger partial charge on any atom is 0.409 e. The van der Waals surface area contributed by atoms with Gasteiger partial charge >= 0.3 is 6.09 Å². The van der Waals surface area contributed by atoms with Crippen molar-refractivity contribution in [3.05, 3.63) is 65.9 Å². The average Bonchev–Trinajstić information content (AvgIpc) is 3.09. The minimum absolute atomic E-state index is 0.254. The van der Waals surface area contributed by atoms with Gasteiger partial charge in [0.25, 0.3) is 11.8 Å². The summed E-state index contributed by atoms with van der Waals surface area (Å²) in [4.78, 5) is 42.0. The summed E-state index contributed by atoms with van der Waals surface area (Å²) in [6, 6.07) is 16.1. The monoisotopic (exact) mass is 449 g/mol. The normalized spacial score (nSPS) is 16.9. The second-order valence-corrected chi connectivity index (χ2v) is 7.87. The Morgan fingerprint density at radius 3 is 2.27 bits per heavy atom. The zero-order chi connectivity index (χ0) is 23.4. The van der Waals surface area contributed by atoms with E-state index in [0.717, 1.165) is 0 Å². The number of nitrogens with one attached hydrogen (secondary N) is 1. The van der Waals surface area contributed by atoms with Gasteiger partial charge in [0.05, 0.1) is 19.3 Å². The maximum atomic E-state index is 13.5. The molecule has 1 N–H and O–H groups in total. The van der Waals surface area contributed by atoms with E-state index in [4.69, 9.17) is 9.47 Å². The lowest BCUT2D eigenvalue weighted by atomic mass is 10.0. The first-order valence-electron chi connectivity index (χ1n) is 11.0. The van der Waals surface area contributed by atoms with E-state index in [-0.39, 0.29) is 29.6 Å². The van der Waals surface area contributed by atoms with Crippen molar-refractivity contribution < 1.29 is 23.9 Å². The summed E-state index contributed by atoms with van der Waals surface area (Å²) in [6.45, 7) is 2.94. The van der Waals surface area contributed by atoms with Gasteiger partial charge in [-0.25, -0.2) is 4.79 Å². The van der Waals surface area contributed by atoms with E-state index in [1.165, 1.54) is 4.90 Å². The number of carbonyl (C=O) groups is 3. The largest absolute Gasteiger partial charge is 0.497 e. The van der Waals surface area contributed by atoms with E-state index in [9.17, 15) is 14.4 Å². The van der Waals surface area contributed by atoms with Crippen molar-refractivity contribution in [3.8, 4) is 5.75 Å². The third kappa shape index (κ3) is 4.55. The number of nitrogens with zero attached hydrogens (tertiary/aromatic N) is 2. The van der Waals surface area contributed by atoms with Crippen LogP contribution in [0.2, 0.25) is 0 Å². The third-order valence-corrected chi connectivity index (χ3v) is 5.89. The number of piperidine rings is 1.